The van der Waals surface area contributed by atoms with Crippen LogP contribution in [0.2, 0.25) is 0 Å². The Bertz CT molecular complexity index is 1050. The minimum absolute atomic E-state index is 0.115. The molecule has 0 saturated heterocycles. The molecule has 3 aromatic rings. The van der Waals surface area contributed by atoms with E-state index < -0.39 is 12.0 Å². The smallest absolute Gasteiger partial charge is 0.326 e. The lowest BCUT2D eigenvalue weighted by Crippen LogP contribution is -2.47. The monoisotopic (exact) mass is 453 g/mol. The van der Waals surface area contributed by atoms with Crippen LogP contribution in [0.3, 0.4) is 0 Å². The summed E-state index contributed by atoms with van der Waals surface area (Å²) in [6, 6.07) is 14.7. The van der Waals surface area contributed by atoms with Crippen LogP contribution in [0.15, 0.2) is 48.5 Å². The summed E-state index contributed by atoms with van der Waals surface area (Å²) >= 11 is 0. The average Bonchev–Trinajstić information content (AvgIpc) is 3.33. The minimum atomic E-state index is -0.973. The molecule has 0 spiro atoms. The van der Waals surface area contributed by atoms with E-state index in [-0.39, 0.29) is 18.4 Å². The molecular weight excluding hydrogens is 422 g/mol. The van der Waals surface area contributed by atoms with Crippen LogP contribution >= 0.6 is 0 Å². The molecule has 0 bridgehead atoms. The van der Waals surface area contributed by atoms with Gasteiger partial charge in [0.25, 0.3) is 0 Å². The highest BCUT2D eigenvalue weighted by atomic mass is 16.7. The van der Waals surface area contributed by atoms with Crippen LogP contribution in [0.4, 0.5) is 0 Å². The molecule has 0 saturated carbocycles. The van der Waals surface area contributed by atoms with Crippen molar-refractivity contribution in [2.45, 2.75) is 59.0 Å². The van der Waals surface area contributed by atoms with Gasteiger partial charge in [-0.15, -0.1) is 10.2 Å². The molecule has 0 fully saturated rings. The van der Waals surface area contributed by atoms with Crippen molar-refractivity contribution in [2.75, 3.05) is 0 Å². The Morgan fingerprint density at radius 3 is 2.39 bits per heavy atom. The van der Waals surface area contributed by atoms with Crippen LogP contribution in [-0.4, -0.2) is 48.5 Å². The van der Waals surface area contributed by atoms with Crippen molar-refractivity contribution >= 4 is 11.9 Å². The highest BCUT2D eigenvalue weighted by molar-refractivity contribution is 5.84. The molecule has 1 atom stereocenters. The number of rotatable bonds is 11. The first-order chi connectivity index (χ1) is 15.9. The fraction of sp³-hybridized carbons (Fsp3) is 0.400. The zero-order valence-electron chi connectivity index (χ0n) is 19.4. The Morgan fingerprint density at radius 2 is 1.82 bits per heavy atom. The molecule has 174 valence electrons. The molecule has 0 aliphatic heterocycles. The molecule has 1 amide bonds. The van der Waals surface area contributed by atoms with Crippen LogP contribution < -0.4 is 0 Å². The van der Waals surface area contributed by atoms with E-state index in [0.29, 0.717) is 12.2 Å². The van der Waals surface area contributed by atoms with Crippen molar-refractivity contribution in [3.05, 3.63) is 54.1 Å². The zero-order valence-corrected chi connectivity index (χ0v) is 19.4. The number of tetrazole rings is 1. The number of carboxylic acids is 1. The molecule has 0 unspecified atom stereocenters. The third-order valence-electron chi connectivity index (χ3n) is 5.67. The van der Waals surface area contributed by atoms with Gasteiger partial charge >= 0.3 is 5.97 Å². The first-order valence-electron chi connectivity index (χ1n) is 11.4. The van der Waals surface area contributed by atoms with Crippen molar-refractivity contribution in [1.82, 2.24) is 25.5 Å². The number of aromatic amines is 1. The van der Waals surface area contributed by atoms with Crippen LogP contribution in [0.25, 0.3) is 22.5 Å². The second-order valence-corrected chi connectivity index (χ2v) is 8.48. The maximum atomic E-state index is 13.0. The van der Waals surface area contributed by atoms with E-state index in [1.54, 1.807) is 0 Å². The molecule has 1 aromatic heterocycles. The van der Waals surface area contributed by atoms with Crippen LogP contribution in [0.1, 0.15) is 52.0 Å². The Kier molecular flexibility index (Phi) is 8.29. The van der Waals surface area contributed by atoms with Gasteiger partial charge in [0.1, 0.15) is 6.04 Å². The molecule has 1 heterocycles. The number of nitrogens with one attached hydrogen (secondary N) is 1. The largest absolute Gasteiger partial charge is 0.480 e. The van der Waals surface area contributed by atoms with E-state index in [4.69, 9.17) is 0 Å². The van der Waals surface area contributed by atoms with Crippen molar-refractivity contribution in [2.24, 2.45) is 5.92 Å². The average molecular weight is 454 g/mol. The number of carbonyl (C=O) groups is 2. The summed E-state index contributed by atoms with van der Waals surface area (Å²) in [6.07, 6.45) is 3.09. The summed E-state index contributed by atoms with van der Waals surface area (Å²) in [4.78, 5) is 26.5. The third kappa shape index (κ3) is 6.03. The summed E-state index contributed by atoms with van der Waals surface area (Å²) in [7, 11) is 0. The number of hydrogen-bond acceptors (Lipinski definition) is 5. The third-order valence-corrected chi connectivity index (χ3v) is 5.67. The van der Waals surface area contributed by atoms with Gasteiger partial charge in [-0.25, -0.2) is 4.79 Å². The van der Waals surface area contributed by atoms with Crippen LogP contribution in [0, 0.1) is 5.92 Å². The van der Waals surface area contributed by atoms with E-state index in [1.807, 2.05) is 62.4 Å². The number of amides is 1. The lowest BCUT2D eigenvalue weighted by molar-refractivity contribution is -0.153. The van der Waals surface area contributed by atoms with Gasteiger partial charge < -0.3 is 10.0 Å². The predicted octanol–water partition coefficient (Wildman–Crippen LogP) is 4.55. The molecule has 2 aromatic carbocycles. The molecule has 3 rings (SSSR count). The Balaban J connectivity index is 1.85. The molecule has 33 heavy (non-hydrogen) atoms. The molecule has 0 radical (unpaired) electrons. The van der Waals surface area contributed by atoms with Gasteiger partial charge in [0.15, 0.2) is 0 Å². The molecule has 0 aliphatic rings. The SMILES string of the molecule is CCCCCC(=O)N(Cc1ccc(-c2ccccc2-c2nn[nH]n2)cc1)[14C@@H](C(C)C)[14C](=O)O. The number of unbranched alkanes of at least 4 members (excludes halogenated alkanes) is 2. The van der Waals surface area contributed by atoms with Crippen molar-refractivity contribution in [3.8, 4) is 22.5 Å². The number of aromatic nitrogens is 4. The minimum Gasteiger partial charge on any atom is -0.480 e. The zero-order chi connectivity index (χ0) is 23.8. The number of hydrogen-bond donors (Lipinski definition) is 2. The van der Waals surface area contributed by atoms with Gasteiger partial charge in [0, 0.05) is 18.5 Å². The number of carbonyl (C=O) groups excluding carboxylic acids is 1. The van der Waals surface area contributed by atoms with Gasteiger partial charge in [0.2, 0.25) is 11.7 Å². The summed E-state index contributed by atoms with van der Waals surface area (Å²) in [5, 5.41) is 24.1. The lowest BCUT2D eigenvalue weighted by Gasteiger charge is -2.32. The van der Waals surface area contributed by atoms with Gasteiger partial charge in [-0.2, -0.15) is 5.21 Å². The van der Waals surface area contributed by atoms with Crippen LogP contribution in [-0.2, 0) is 16.1 Å². The van der Waals surface area contributed by atoms with Crippen LogP contribution in [0.5, 0.6) is 0 Å². The van der Waals surface area contributed by atoms with E-state index in [9.17, 15) is 14.7 Å². The number of nitrogens with zero attached hydrogens (tertiary/aromatic N) is 4. The normalized spacial score (nSPS) is 12.0. The maximum absolute atomic E-state index is 13.0. The summed E-state index contributed by atoms with van der Waals surface area (Å²) < 4.78 is 0. The predicted molar refractivity (Wildman–Crippen MR) is 126 cm³/mol. The fourth-order valence-corrected chi connectivity index (χ4v) is 3.98. The Morgan fingerprint density at radius 1 is 1.12 bits per heavy atom. The Hall–Kier alpha value is -3.55. The van der Waals surface area contributed by atoms with Crippen molar-refractivity contribution in [3.63, 3.8) is 0 Å². The van der Waals surface area contributed by atoms with E-state index in [1.165, 1.54) is 4.90 Å². The second kappa shape index (κ2) is 11.4. The van der Waals surface area contributed by atoms with Gasteiger partial charge in [-0.3, -0.25) is 4.79 Å². The number of benzene rings is 2. The molecule has 8 heteroatoms. The fourth-order valence-electron chi connectivity index (χ4n) is 3.98. The summed E-state index contributed by atoms with van der Waals surface area (Å²) in [6.45, 7) is 6.01. The standard InChI is InChI=1S/C25H31N5O3/c1-4-5-6-11-22(31)30(23(17(2)3)25(32)33)16-18-12-14-19(15-13-18)20-9-7-8-10-21(20)24-26-28-29-27-24/h7-10,12-15,17,23H,4-6,11,16H2,1-3H3,(H,32,33)(H,26,27,28,29)/t23-/m0/s1/i23+2,25+2. The number of carboxylic acid groups (broad SMARTS) is 1. The van der Waals surface area contributed by atoms with E-state index >= 15 is 0 Å². The Labute approximate surface area is 194 Å². The van der Waals surface area contributed by atoms with E-state index in [0.717, 1.165) is 41.5 Å². The maximum Gasteiger partial charge on any atom is 0.326 e. The van der Waals surface area contributed by atoms with Gasteiger partial charge in [-0.1, -0.05) is 82.1 Å². The first-order valence-corrected chi connectivity index (χ1v) is 11.4. The second-order valence-electron chi connectivity index (χ2n) is 8.48. The lowest BCUT2D eigenvalue weighted by atomic mass is 9.98. The molecule has 2 N–H and O–H groups in total. The summed E-state index contributed by atoms with van der Waals surface area (Å²) in [5.41, 5.74) is 3.67. The quantitative estimate of drug-likeness (QED) is 0.412. The molecular formula is C25H31N5O3. The van der Waals surface area contributed by atoms with E-state index in [2.05, 4.69) is 27.5 Å². The molecule has 8 nitrogen and oxygen atoms in total. The first kappa shape index (κ1) is 24.1. The van der Waals surface area contributed by atoms with Crippen molar-refractivity contribution in [1.29, 1.82) is 0 Å². The number of H-pyrrole nitrogens is 1. The highest BCUT2D eigenvalue weighted by Crippen LogP contribution is 2.30. The van der Waals surface area contributed by atoms with Gasteiger partial charge in [0.05, 0.1) is 0 Å². The highest BCUT2D eigenvalue weighted by Gasteiger charge is 2.32. The van der Waals surface area contributed by atoms with Crippen molar-refractivity contribution < 1.29 is 14.7 Å². The molecule has 0 aliphatic carbocycles. The topological polar surface area (TPSA) is 112 Å². The van der Waals surface area contributed by atoms with Gasteiger partial charge in [-0.05, 0) is 34.2 Å². The number of aliphatic carboxylic acids is 1. The summed E-state index contributed by atoms with van der Waals surface area (Å²) in [5.74, 6) is -0.769.